The van der Waals surface area contributed by atoms with Crippen LogP contribution < -0.4 is 0 Å². The minimum Gasteiger partial charge on any atom is -0.325 e. The molecule has 0 aliphatic carbocycles. The van der Waals surface area contributed by atoms with E-state index in [2.05, 4.69) is 32.7 Å². The van der Waals surface area contributed by atoms with Crippen LogP contribution in [0.25, 0.3) is 11.3 Å². The van der Waals surface area contributed by atoms with Gasteiger partial charge in [-0.15, -0.1) is 0 Å². The first-order valence-corrected chi connectivity index (χ1v) is 10.3. The number of piperidine rings is 1. The van der Waals surface area contributed by atoms with Crippen LogP contribution in [0.15, 0.2) is 42.9 Å². The number of benzene rings is 1. The van der Waals surface area contributed by atoms with E-state index >= 15 is 0 Å². The normalized spacial score (nSPS) is 19.6. The number of hydrogen-bond donors (Lipinski definition) is 0. The van der Waals surface area contributed by atoms with E-state index in [1.54, 1.807) is 12.1 Å². The first-order valence-electron chi connectivity index (χ1n) is 10.3. The van der Waals surface area contributed by atoms with Gasteiger partial charge in [-0.05, 0) is 37.6 Å². The number of hydrogen-bond acceptors (Lipinski definition) is 4. The van der Waals surface area contributed by atoms with Gasteiger partial charge in [0, 0.05) is 51.5 Å². The highest BCUT2D eigenvalue weighted by molar-refractivity contribution is 5.57. The fourth-order valence-electron chi connectivity index (χ4n) is 4.93. The van der Waals surface area contributed by atoms with Crippen molar-refractivity contribution >= 4 is 0 Å². The van der Waals surface area contributed by atoms with E-state index in [4.69, 9.17) is 4.98 Å². The van der Waals surface area contributed by atoms with Crippen molar-refractivity contribution in [1.29, 1.82) is 0 Å². The van der Waals surface area contributed by atoms with Crippen molar-refractivity contribution in [1.82, 2.24) is 29.1 Å². The highest BCUT2D eigenvalue weighted by Gasteiger charge is 2.45. The van der Waals surface area contributed by atoms with Crippen molar-refractivity contribution in [3.05, 3.63) is 60.1 Å². The maximum absolute atomic E-state index is 13.2. The van der Waals surface area contributed by atoms with Crippen molar-refractivity contribution in [2.75, 3.05) is 26.7 Å². The lowest BCUT2D eigenvalue weighted by atomic mass is 9.83. The molecule has 2 aromatic heterocycles. The number of likely N-dealkylation sites (tertiary alicyclic amines) is 1. The highest BCUT2D eigenvalue weighted by atomic mass is 19.1. The molecule has 1 fully saturated rings. The molecule has 4 heterocycles. The first-order chi connectivity index (χ1) is 14.0. The monoisotopic (exact) mass is 394 g/mol. The molecule has 0 amide bonds. The summed E-state index contributed by atoms with van der Waals surface area (Å²) in [5.74, 6) is 1.01. The molecule has 6 nitrogen and oxygen atoms in total. The van der Waals surface area contributed by atoms with Gasteiger partial charge >= 0.3 is 0 Å². The van der Waals surface area contributed by atoms with E-state index in [-0.39, 0.29) is 11.4 Å². The van der Waals surface area contributed by atoms with Crippen molar-refractivity contribution in [3.63, 3.8) is 0 Å². The molecule has 5 rings (SSSR count). The molecule has 1 aromatic carbocycles. The lowest BCUT2D eigenvalue weighted by Crippen LogP contribution is -2.56. The van der Waals surface area contributed by atoms with E-state index in [9.17, 15) is 4.39 Å². The molecule has 0 bridgehead atoms. The molecule has 0 saturated carbocycles. The molecular formula is C22H27FN6. The summed E-state index contributed by atoms with van der Waals surface area (Å²) in [5.41, 5.74) is 3.44. The zero-order chi connectivity index (χ0) is 20.0. The topological polar surface area (TPSA) is 42.1 Å². The number of fused-ring (bicyclic) bond motifs is 2. The Bertz CT molecular complexity index is 997. The van der Waals surface area contributed by atoms with E-state index in [0.29, 0.717) is 0 Å². The predicted octanol–water partition coefficient (Wildman–Crippen LogP) is 2.86. The molecule has 7 heteroatoms. The van der Waals surface area contributed by atoms with Gasteiger partial charge in [0.25, 0.3) is 0 Å². The van der Waals surface area contributed by atoms with E-state index in [1.165, 1.54) is 11.4 Å². The molecule has 1 saturated heterocycles. The second-order valence-corrected chi connectivity index (χ2v) is 8.38. The molecule has 2 aliphatic rings. The summed E-state index contributed by atoms with van der Waals surface area (Å²) in [4.78, 5) is 9.88. The molecule has 1 spiro atoms. The second kappa shape index (κ2) is 7.07. The molecule has 3 aromatic rings. The van der Waals surface area contributed by atoms with Crippen LogP contribution in [0.1, 0.15) is 24.2 Å². The molecule has 0 radical (unpaired) electrons. The van der Waals surface area contributed by atoms with Crippen LogP contribution in [0.5, 0.6) is 0 Å². The van der Waals surface area contributed by atoms with Gasteiger partial charge in [0.2, 0.25) is 0 Å². The average molecular weight is 394 g/mol. The van der Waals surface area contributed by atoms with Gasteiger partial charge in [0.1, 0.15) is 11.6 Å². The van der Waals surface area contributed by atoms with Crippen molar-refractivity contribution < 1.29 is 4.39 Å². The Balaban J connectivity index is 1.38. The van der Waals surface area contributed by atoms with Gasteiger partial charge in [0.15, 0.2) is 0 Å². The summed E-state index contributed by atoms with van der Waals surface area (Å²) in [5, 5.41) is 4.33. The van der Waals surface area contributed by atoms with Crippen LogP contribution in [-0.4, -0.2) is 55.8 Å². The van der Waals surface area contributed by atoms with Crippen LogP contribution in [0.2, 0.25) is 0 Å². The number of likely N-dealkylation sites (N-methyl/N-ethyl adjacent to an activating group) is 1. The second-order valence-electron chi connectivity index (χ2n) is 8.38. The van der Waals surface area contributed by atoms with Gasteiger partial charge in [-0.2, -0.15) is 5.10 Å². The third-order valence-electron chi connectivity index (χ3n) is 6.66. The van der Waals surface area contributed by atoms with Crippen LogP contribution in [0.4, 0.5) is 4.39 Å². The van der Waals surface area contributed by atoms with Crippen LogP contribution in [0.3, 0.4) is 0 Å². The molecule has 29 heavy (non-hydrogen) atoms. The van der Waals surface area contributed by atoms with Crippen molar-refractivity contribution in [3.8, 4) is 11.3 Å². The maximum Gasteiger partial charge on any atom is 0.129 e. The van der Waals surface area contributed by atoms with Crippen LogP contribution in [-0.2, 0) is 25.7 Å². The van der Waals surface area contributed by atoms with E-state index in [0.717, 1.165) is 56.8 Å². The van der Waals surface area contributed by atoms with Crippen molar-refractivity contribution in [2.24, 2.45) is 7.05 Å². The molecule has 0 N–H and O–H groups in total. The number of halogens is 1. The van der Waals surface area contributed by atoms with Crippen LogP contribution >= 0.6 is 0 Å². The van der Waals surface area contributed by atoms with Gasteiger partial charge < -0.3 is 4.57 Å². The van der Waals surface area contributed by atoms with E-state index in [1.807, 2.05) is 36.3 Å². The smallest absolute Gasteiger partial charge is 0.129 e. The Morgan fingerprint density at radius 2 is 1.76 bits per heavy atom. The van der Waals surface area contributed by atoms with Crippen LogP contribution in [0, 0.1) is 5.82 Å². The van der Waals surface area contributed by atoms with Gasteiger partial charge in [-0.3, -0.25) is 14.5 Å². The fraction of sp³-hybridized carbons (Fsp3) is 0.455. The zero-order valence-electron chi connectivity index (χ0n) is 17.1. The number of imidazole rings is 1. The molecular weight excluding hydrogens is 367 g/mol. The lowest BCUT2D eigenvalue weighted by molar-refractivity contribution is 0.00700. The average Bonchev–Trinajstić information content (AvgIpc) is 3.35. The van der Waals surface area contributed by atoms with Gasteiger partial charge in [-0.25, -0.2) is 9.37 Å². The fourth-order valence-corrected chi connectivity index (χ4v) is 4.93. The maximum atomic E-state index is 13.2. The summed E-state index contributed by atoms with van der Waals surface area (Å²) in [6.45, 7) is 4.87. The quantitative estimate of drug-likeness (QED) is 0.685. The third-order valence-corrected chi connectivity index (χ3v) is 6.66. The summed E-state index contributed by atoms with van der Waals surface area (Å²) in [6, 6.07) is 6.87. The molecule has 152 valence electrons. The third kappa shape index (κ3) is 3.18. The van der Waals surface area contributed by atoms with Gasteiger partial charge in [-0.1, -0.05) is 12.1 Å². The molecule has 0 atom stereocenters. The SMILES string of the molecule is CN1CCn2c(-c3cnn(C)c3)cnc2C12CCN(Cc1ccc(F)cc1)CC2. The largest absolute Gasteiger partial charge is 0.325 e. The standard InChI is InChI=1S/C22H27FN6/c1-26-11-12-29-20(18-13-25-27(2)16-18)14-24-21(29)22(26)7-9-28(10-8-22)15-17-3-5-19(23)6-4-17/h3-6,13-14,16H,7-12,15H2,1-2H3. The number of rotatable bonds is 3. The number of aromatic nitrogens is 4. The number of aryl methyl sites for hydroxylation is 1. The minimum absolute atomic E-state index is 0.0159. The van der Waals surface area contributed by atoms with Gasteiger partial charge in [0.05, 0.1) is 23.6 Å². The summed E-state index contributed by atoms with van der Waals surface area (Å²) < 4.78 is 17.4. The Kier molecular flexibility index (Phi) is 4.52. The molecule has 0 unspecified atom stereocenters. The predicted molar refractivity (Wildman–Crippen MR) is 110 cm³/mol. The molecule has 2 aliphatic heterocycles. The van der Waals surface area contributed by atoms with Crippen molar-refractivity contribution in [2.45, 2.75) is 31.5 Å². The Labute approximate surface area is 170 Å². The summed E-state index contributed by atoms with van der Waals surface area (Å²) >= 11 is 0. The highest BCUT2D eigenvalue weighted by Crippen LogP contribution is 2.41. The Morgan fingerprint density at radius 1 is 1.00 bits per heavy atom. The Hall–Kier alpha value is -2.51. The number of nitrogens with zero attached hydrogens (tertiary/aromatic N) is 6. The zero-order valence-corrected chi connectivity index (χ0v) is 17.1. The van der Waals surface area contributed by atoms with E-state index < -0.39 is 0 Å². The first kappa shape index (κ1) is 18.5. The Morgan fingerprint density at radius 3 is 2.45 bits per heavy atom. The lowest BCUT2D eigenvalue weighted by Gasteiger charge is -2.49. The summed E-state index contributed by atoms with van der Waals surface area (Å²) in [6.07, 6.45) is 8.09. The summed E-state index contributed by atoms with van der Waals surface area (Å²) in [7, 11) is 4.18. The minimum atomic E-state index is -0.175.